The molecule has 0 aliphatic rings. The van der Waals surface area contributed by atoms with Crippen LogP contribution in [-0.2, 0) is 49.0 Å². The van der Waals surface area contributed by atoms with Crippen LogP contribution in [0.15, 0.2) is 164 Å². The van der Waals surface area contributed by atoms with Crippen LogP contribution in [0, 0.1) is 0 Å². The summed E-state index contributed by atoms with van der Waals surface area (Å²) in [6, 6.07) is 50.4. The van der Waals surface area contributed by atoms with Crippen molar-refractivity contribution < 1.29 is 49.0 Å². The van der Waals surface area contributed by atoms with Crippen LogP contribution < -0.4 is 37.4 Å². The van der Waals surface area contributed by atoms with Crippen LogP contribution >= 0.6 is 0 Å². The van der Waals surface area contributed by atoms with Crippen molar-refractivity contribution in [3.05, 3.63) is 164 Å². The SMILES string of the molecule is C=C[Si](C)(O[Si](C)(C)CCCN)O[Si](C)(OO[Si](C)(OO[Si](C)(OO[Si](C)(OO[Si](C)(O[Si](C)(C)CCCN)c1ccccc1)c1ccccc1)c1ccccc1)c1ccccc1)c1ccccc1. The van der Waals surface area contributed by atoms with Gasteiger partial charge in [0, 0.05) is 0 Å². The van der Waals surface area contributed by atoms with Gasteiger partial charge in [-0.1, -0.05) is 157 Å². The van der Waals surface area contributed by atoms with Crippen molar-refractivity contribution in [3.8, 4) is 0 Å². The summed E-state index contributed by atoms with van der Waals surface area (Å²) in [7, 11) is -25.4. The van der Waals surface area contributed by atoms with Crippen molar-refractivity contribution in [1.82, 2.24) is 0 Å². The lowest BCUT2D eigenvalue weighted by molar-refractivity contribution is -0.256. The first-order valence-electron chi connectivity index (χ1n) is 23.5. The first kappa shape index (κ1) is 57.0. The van der Waals surface area contributed by atoms with Gasteiger partial charge >= 0.3 is 51.4 Å². The average molecular weight is 1080 g/mol. The molecule has 69 heavy (non-hydrogen) atoms. The molecule has 374 valence electrons. The van der Waals surface area contributed by atoms with E-state index in [4.69, 9.17) is 60.4 Å². The first-order chi connectivity index (χ1) is 32.7. The van der Waals surface area contributed by atoms with Gasteiger partial charge in [-0.2, -0.15) is 0 Å². The summed E-state index contributed by atoms with van der Waals surface area (Å²) >= 11 is 0. The summed E-state index contributed by atoms with van der Waals surface area (Å²) in [5, 5.41) is 3.98. The van der Waals surface area contributed by atoms with Crippen LogP contribution in [-0.4, -0.2) is 81.1 Å². The van der Waals surface area contributed by atoms with Crippen LogP contribution in [0.3, 0.4) is 0 Å². The van der Waals surface area contributed by atoms with Gasteiger partial charge in [0.05, 0.1) is 0 Å². The molecule has 5 aromatic carbocycles. The fraction of sp³-hybridized carbons (Fsp3) is 0.333. The number of hydrogen-bond donors (Lipinski definition) is 2. The number of hydrogen-bond acceptors (Lipinski definition) is 13. The Hall–Kier alpha value is -2.94. The van der Waals surface area contributed by atoms with E-state index in [1.807, 2.05) is 197 Å². The van der Waals surface area contributed by atoms with Crippen LogP contribution in [0.4, 0.5) is 0 Å². The summed E-state index contributed by atoms with van der Waals surface area (Å²) in [5.74, 6) is 0. The molecule has 4 N–H and O–H groups in total. The number of benzene rings is 5. The van der Waals surface area contributed by atoms with Crippen LogP contribution in [0.2, 0.25) is 77.6 Å². The van der Waals surface area contributed by atoms with E-state index in [2.05, 4.69) is 32.8 Å². The Labute approximate surface area is 419 Å². The molecule has 0 aromatic heterocycles. The maximum atomic E-state index is 7.11. The molecular formula is C48H74N2O11Si8. The Morgan fingerprint density at radius 3 is 0.841 bits per heavy atom. The van der Waals surface area contributed by atoms with E-state index < -0.39 is 68.0 Å². The summed E-state index contributed by atoms with van der Waals surface area (Å²) in [6.07, 6.45) is 1.71. The van der Waals surface area contributed by atoms with Crippen molar-refractivity contribution >= 4 is 93.9 Å². The summed E-state index contributed by atoms with van der Waals surface area (Å²) in [6.45, 7) is 25.6. The number of nitrogens with two attached hydrogens (primary N) is 2. The van der Waals surface area contributed by atoms with E-state index in [1.165, 1.54) is 0 Å². The van der Waals surface area contributed by atoms with Gasteiger partial charge in [0.1, 0.15) is 0 Å². The molecule has 0 radical (unpaired) electrons. The Bertz CT molecular complexity index is 2310. The third-order valence-corrected chi connectivity index (χ3v) is 37.0. The predicted molar refractivity (Wildman–Crippen MR) is 294 cm³/mol. The molecule has 0 bridgehead atoms. The lowest BCUT2D eigenvalue weighted by atomic mass is 10.4. The fourth-order valence-electron chi connectivity index (χ4n) is 7.64. The Morgan fingerprint density at radius 2 is 0.580 bits per heavy atom. The van der Waals surface area contributed by atoms with Gasteiger partial charge in [-0.15, -0.1) is 6.58 Å². The van der Waals surface area contributed by atoms with Gasteiger partial charge in [0.15, 0.2) is 16.6 Å². The average Bonchev–Trinajstić information content (AvgIpc) is 3.36. The molecule has 21 heteroatoms. The fourth-order valence-corrected chi connectivity index (χ4v) is 34.6. The summed E-state index contributed by atoms with van der Waals surface area (Å²) in [4.78, 5) is 0. The van der Waals surface area contributed by atoms with Crippen molar-refractivity contribution in [2.75, 3.05) is 13.1 Å². The molecule has 0 saturated carbocycles. The zero-order valence-electron chi connectivity index (χ0n) is 42.1. The molecule has 0 amide bonds. The molecule has 5 rings (SSSR count). The van der Waals surface area contributed by atoms with Gasteiger partial charge in [-0.05, 0) is 129 Å². The second-order valence-electron chi connectivity index (χ2n) is 19.1. The maximum Gasteiger partial charge on any atom is 0.433 e. The van der Waals surface area contributed by atoms with Gasteiger partial charge in [0.25, 0.3) is 0 Å². The Kier molecular flexibility index (Phi) is 20.7. The van der Waals surface area contributed by atoms with E-state index in [1.54, 1.807) is 0 Å². The Balaban J connectivity index is 1.48. The second kappa shape index (κ2) is 25.1. The van der Waals surface area contributed by atoms with Crippen molar-refractivity contribution in [2.45, 2.75) is 90.4 Å². The molecular weight excluding hydrogens is 1010 g/mol. The minimum atomic E-state index is -3.75. The van der Waals surface area contributed by atoms with Gasteiger partial charge in [0.2, 0.25) is 0 Å². The predicted octanol–water partition coefficient (Wildman–Crippen LogP) is 7.63. The third kappa shape index (κ3) is 16.3. The highest BCUT2D eigenvalue weighted by Crippen LogP contribution is 2.28. The van der Waals surface area contributed by atoms with Gasteiger partial charge in [-0.25, -0.2) is 0 Å². The molecule has 13 nitrogen and oxygen atoms in total. The molecule has 0 heterocycles. The monoisotopic (exact) mass is 1080 g/mol. The smallest absolute Gasteiger partial charge is 0.433 e. The lowest BCUT2D eigenvalue weighted by Crippen LogP contribution is -2.64. The summed E-state index contributed by atoms with van der Waals surface area (Å²) < 4.78 is 74.4. The second-order valence-corrected chi connectivity index (χ2v) is 45.7. The van der Waals surface area contributed by atoms with E-state index in [0.29, 0.717) is 13.1 Å². The zero-order valence-corrected chi connectivity index (χ0v) is 50.1. The van der Waals surface area contributed by atoms with Crippen molar-refractivity contribution in [2.24, 2.45) is 11.5 Å². The zero-order chi connectivity index (χ0) is 50.3. The molecule has 0 saturated heterocycles. The molecule has 0 spiro atoms. The normalized spacial score (nSPS) is 17.6. The van der Waals surface area contributed by atoms with Crippen molar-refractivity contribution in [1.29, 1.82) is 0 Å². The highest BCUT2D eigenvalue weighted by atomic mass is 28.5. The molecule has 0 fully saturated rings. The highest BCUT2D eigenvalue weighted by molar-refractivity contribution is 6.93. The molecule has 6 unspecified atom stereocenters. The molecule has 0 aliphatic heterocycles. The van der Waals surface area contributed by atoms with E-state index in [0.717, 1.165) is 50.9 Å². The topological polar surface area (TPSA) is 154 Å². The van der Waals surface area contributed by atoms with Gasteiger partial charge in [-0.3, -0.25) is 36.6 Å². The third-order valence-electron chi connectivity index (χ3n) is 11.6. The molecule has 6 atom stereocenters. The van der Waals surface area contributed by atoms with Crippen LogP contribution in [0.5, 0.6) is 0 Å². The minimum Gasteiger partial charge on any atom is -0.433 e. The van der Waals surface area contributed by atoms with E-state index in [9.17, 15) is 0 Å². The highest BCUT2D eigenvalue weighted by Gasteiger charge is 2.53. The summed E-state index contributed by atoms with van der Waals surface area (Å²) in [5.41, 5.74) is 13.7. The Morgan fingerprint density at radius 1 is 0.348 bits per heavy atom. The quantitative estimate of drug-likeness (QED) is 0.0264. The first-order valence-corrected chi connectivity index (χ1v) is 43.8. The van der Waals surface area contributed by atoms with Gasteiger partial charge < -0.3 is 23.8 Å². The maximum absolute atomic E-state index is 7.11. The van der Waals surface area contributed by atoms with E-state index in [-0.39, 0.29) is 0 Å². The van der Waals surface area contributed by atoms with Crippen LogP contribution in [0.1, 0.15) is 12.8 Å². The van der Waals surface area contributed by atoms with Crippen LogP contribution in [0.25, 0.3) is 0 Å². The largest absolute Gasteiger partial charge is 0.433 e. The molecule has 0 aliphatic carbocycles. The minimum absolute atomic E-state index is 0.582. The van der Waals surface area contributed by atoms with Crippen molar-refractivity contribution in [3.63, 3.8) is 0 Å². The molecule has 5 aromatic rings. The number of rotatable bonds is 30. The lowest BCUT2D eigenvalue weighted by Gasteiger charge is -2.40. The van der Waals surface area contributed by atoms with E-state index >= 15 is 0 Å². The standard InChI is InChI=1S/C48H74N2O11Si8/c1-12-64(6,59-62(2,3)42-28-40-49)61-69(11,48-38-26-17-27-39-48)58-56-67(9,46-34-22-15-23-35-46)54-52-65(7,44-30-18-13-19-31-44)51-53-66(8,45-32-20-14-21-33-45)55-57-68(10,47-36-24-16-25-37-47)60-63(4,5)43-29-41-50/h12-27,30-39H,1,28-29,40-43,49-50H2,2-11H3.